The molecule has 0 saturated carbocycles. The van der Waals surface area contributed by atoms with Crippen LogP contribution in [0.1, 0.15) is 39.5 Å². The Morgan fingerprint density at radius 3 is 2.68 bits per heavy atom. The summed E-state index contributed by atoms with van der Waals surface area (Å²) in [7, 11) is 0. The molecule has 1 aliphatic rings. The van der Waals surface area contributed by atoms with Crippen LogP contribution in [-0.4, -0.2) is 41.3 Å². The maximum absolute atomic E-state index is 12.8. The fourth-order valence-electron chi connectivity index (χ4n) is 2.99. The lowest BCUT2D eigenvalue weighted by molar-refractivity contribution is -0.135. The molecular weight excluding hydrogens is 278 g/mol. The van der Waals surface area contributed by atoms with E-state index in [1.165, 1.54) is 0 Å². The van der Waals surface area contributed by atoms with E-state index in [2.05, 4.69) is 4.98 Å². The number of pyridine rings is 1. The van der Waals surface area contributed by atoms with Crippen LogP contribution in [-0.2, 0) is 9.59 Å². The van der Waals surface area contributed by atoms with Crippen molar-refractivity contribution in [3.8, 4) is 0 Å². The summed E-state index contributed by atoms with van der Waals surface area (Å²) in [5.41, 5.74) is 0.875. The Morgan fingerprint density at radius 2 is 2.05 bits per heavy atom. The van der Waals surface area contributed by atoms with Gasteiger partial charge in [-0.1, -0.05) is 6.92 Å². The first-order valence-corrected chi connectivity index (χ1v) is 8.16. The first-order valence-electron chi connectivity index (χ1n) is 8.16. The number of piperidine rings is 1. The van der Waals surface area contributed by atoms with Gasteiger partial charge in [-0.2, -0.15) is 0 Å². The maximum atomic E-state index is 12.8. The zero-order valence-electron chi connectivity index (χ0n) is 13.5. The highest BCUT2D eigenvalue weighted by Crippen LogP contribution is 2.23. The molecule has 0 bridgehead atoms. The molecule has 22 heavy (non-hydrogen) atoms. The molecule has 5 heteroatoms. The fourth-order valence-corrected chi connectivity index (χ4v) is 2.99. The Morgan fingerprint density at radius 1 is 1.32 bits per heavy atom. The molecule has 2 rings (SSSR count). The summed E-state index contributed by atoms with van der Waals surface area (Å²) in [6.07, 6.45) is 6.58. The molecule has 0 N–H and O–H groups in total. The molecule has 5 nitrogen and oxygen atoms in total. The van der Waals surface area contributed by atoms with Crippen LogP contribution in [0.25, 0.3) is 0 Å². The normalized spacial score (nSPS) is 18.1. The summed E-state index contributed by atoms with van der Waals surface area (Å²) in [6.45, 7) is 5.94. The third kappa shape index (κ3) is 3.84. The van der Waals surface area contributed by atoms with Crippen LogP contribution in [0.15, 0.2) is 24.5 Å². The van der Waals surface area contributed by atoms with Crippen molar-refractivity contribution in [3.63, 3.8) is 0 Å². The van der Waals surface area contributed by atoms with Gasteiger partial charge in [0, 0.05) is 44.1 Å². The average molecular weight is 303 g/mol. The van der Waals surface area contributed by atoms with Gasteiger partial charge in [0.2, 0.25) is 11.8 Å². The van der Waals surface area contributed by atoms with E-state index in [-0.39, 0.29) is 17.7 Å². The van der Waals surface area contributed by atoms with Crippen LogP contribution in [0.2, 0.25) is 0 Å². The zero-order chi connectivity index (χ0) is 15.9. The molecule has 0 aromatic carbocycles. The number of carbonyl (C=O) groups is 2. The molecule has 0 unspecified atom stereocenters. The standard InChI is InChI=1S/C17H25N3O2/c1-3-6-16(21)19-12-5-7-14(13-19)17(22)20(4-2)15-8-10-18-11-9-15/h8-11,14H,3-7,12-13H2,1-2H3/t14-/m1/s1. The molecule has 2 heterocycles. The minimum absolute atomic E-state index is 0.0947. The van der Waals surface area contributed by atoms with Crippen LogP contribution in [0.5, 0.6) is 0 Å². The molecule has 1 aliphatic heterocycles. The number of rotatable bonds is 5. The topological polar surface area (TPSA) is 53.5 Å². The van der Waals surface area contributed by atoms with Gasteiger partial charge in [0.15, 0.2) is 0 Å². The number of nitrogens with zero attached hydrogens (tertiary/aromatic N) is 3. The molecule has 2 amide bonds. The molecule has 0 aliphatic carbocycles. The number of anilines is 1. The van der Waals surface area contributed by atoms with Gasteiger partial charge in [0.25, 0.3) is 0 Å². The summed E-state index contributed by atoms with van der Waals surface area (Å²) in [5, 5.41) is 0. The lowest BCUT2D eigenvalue weighted by atomic mass is 9.96. The summed E-state index contributed by atoms with van der Waals surface area (Å²) in [4.78, 5) is 32.5. The molecule has 1 aromatic heterocycles. The average Bonchev–Trinajstić information content (AvgIpc) is 2.57. The van der Waals surface area contributed by atoms with Gasteiger partial charge in [-0.25, -0.2) is 0 Å². The maximum Gasteiger partial charge on any atom is 0.231 e. The van der Waals surface area contributed by atoms with E-state index in [1.807, 2.05) is 30.9 Å². The molecule has 1 aromatic rings. The van der Waals surface area contributed by atoms with E-state index in [0.717, 1.165) is 31.5 Å². The van der Waals surface area contributed by atoms with Crippen LogP contribution in [0, 0.1) is 5.92 Å². The van der Waals surface area contributed by atoms with E-state index in [9.17, 15) is 9.59 Å². The van der Waals surface area contributed by atoms with Gasteiger partial charge < -0.3 is 9.80 Å². The molecule has 0 spiro atoms. The van der Waals surface area contributed by atoms with Crippen molar-refractivity contribution in [2.24, 2.45) is 5.92 Å². The highest BCUT2D eigenvalue weighted by molar-refractivity contribution is 5.95. The Kier molecular flexibility index (Phi) is 5.92. The number of carbonyl (C=O) groups excluding carboxylic acids is 2. The molecule has 1 atom stereocenters. The highest BCUT2D eigenvalue weighted by Gasteiger charge is 2.31. The summed E-state index contributed by atoms with van der Waals surface area (Å²) in [6, 6.07) is 3.70. The van der Waals surface area contributed by atoms with Gasteiger partial charge in [-0.05, 0) is 38.3 Å². The van der Waals surface area contributed by atoms with E-state index >= 15 is 0 Å². The predicted molar refractivity (Wildman–Crippen MR) is 86.5 cm³/mol. The lowest BCUT2D eigenvalue weighted by Crippen LogP contribution is -2.46. The predicted octanol–water partition coefficient (Wildman–Crippen LogP) is 2.47. The minimum Gasteiger partial charge on any atom is -0.342 e. The lowest BCUT2D eigenvalue weighted by Gasteiger charge is -2.34. The van der Waals surface area contributed by atoms with Crippen LogP contribution in [0.3, 0.4) is 0 Å². The van der Waals surface area contributed by atoms with Crippen LogP contribution in [0.4, 0.5) is 5.69 Å². The van der Waals surface area contributed by atoms with Crippen molar-refractivity contribution in [2.45, 2.75) is 39.5 Å². The van der Waals surface area contributed by atoms with Crippen molar-refractivity contribution in [3.05, 3.63) is 24.5 Å². The van der Waals surface area contributed by atoms with E-state index in [0.29, 0.717) is 19.5 Å². The van der Waals surface area contributed by atoms with Crippen molar-refractivity contribution >= 4 is 17.5 Å². The summed E-state index contributed by atoms with van der Waals surface area (Å²) < 4.78 is 0. The molecule has 1 saturated heterocycles. The van der Waals surface area contributed by atoms with Gasteiger partial charge in [0.1, 0.15) is 0 Å². The van der Waals surface area contributed by atoms with Crippen molar-refractivity contribution in [2.75, 3.05) is 24.5 Å². The van der Waals surface area contributed by atoms with Crippen molar-refractivity contribution < 1.29 is 9.59 Å². The third-order valence-corrected chi connectivity index (χ3v) is 4.14. The largest absolute Gasteiger partial charge is 0.342 e. The number of amides is 2. The van der Waals surface area contributed by atoms with Crippen LogP contribution < -0.4 is 4.90 Å². The second-order valence-electron chi connectivity index (χ2n) is 5.72. The molecule has 1 fully saturated rings. The summed E-state index contributed by atoms with van der Waals surface area (Å²) in [5.74, 6) is 0.192. The second-order valence-corrected chi connectivity index (χ2v) is 5.72. The molecule has 0 radical (unpaired) electrons. The molecular formula is C17H25N3O2. The minimum atomic E-state index is -0.0947. The van der Waals surface area contributed by atoms with E-state index in [4.69, 9.17) is 0 Å². The molecule has 120 valence electrons. The highest BCUT2D eigenvalue weighted by atomic mass is 16.2. The third-order valence-electron chi connectivity index (χ3n) is 4.14. The van der Waals surface area contributed by atoms with Gasteiger partial charge in [0.05, 0.1) is 5.92 Å². The zero-order valence-corrected chi connectivity index (χ0v) is 13.5. The Hall–Kier alpha value is -1.91. The van der Waals surface area contributed by atoms with E-state index < -0.39 is 0 Å². The monoisotopic (exact) mass is 303 g/mol. The Balaban J connectivity index is 2.06. The van der Waals surface area contributed by atoms with Gasteiger partial charge in [-0.15, -0.1) is 0 Å². The smallest absolute Gasteiger partial charge is 0.231 e. The Bertz CT molecular complexity index is 504. The Labute approximate surface area is 132 Å². The van der Waals surface area contributed by atoms with Crippen molar-refractivity contribution in [1.82, 2.24) is 9.88 Å². The fraction of sp³-hybridized carbons (Fsp3) is 0.588. The number of aromatic nitrogens is 1. The van der Waals surface area contributed by atoms with Crippen molar-refractivity contribution in [1.29, 1.82) is 0 Å². The van der Waals surface area contributed by atoms with Crippen LogP contribution >= 0.6 is 0 Å². The number of likely N-dealkylation sites (tertiary alicyclic amines) is 1. The quantitative estimate of drug-likeness (QED) is 0.839. The first kappa shape index (κ1) is 16.5. The number of hydrogen-bond acceptors (Lipinski definition) is 3. The number of hydrogen-bond donors (Lipinski definition) is 0. The van der Waals surface area contributed by atoms with E-state index in [1.54, 1.807) is 17.3 Å². The van der Waals surface area contributed by atoms with Gasteiger partial charge in [-0.3, -0.25) is 14.6 Å². The summed E-state index contributed by atoms with van der Waals surface area (Å²) >= 11 is 0. The second kappa shape index (κ2) is 7.92. The SMILES string of the molecule is CCCC(=O)N1CCC[C@@H](C(=O)N(CC)c2ccncc2)C1. The first-order chi connectivity index (χ1) is 10.7. The van der Waals surface area contributed by atoms with Gasteiger partial charge >= 0.3 is 0 Å².